The molecule has 2 fully saturated rings. The third kappa shape index (κ3) is 2.11. The number of hydrogen-bond acceptors (Lipinski definition) is 2. The van der Waals surface area contributed by atoms with E-state index in [4.69, 9.17) is 4.74 Å². The van der Waals surface area contributed by atoms with Crippen LogP contribution in [0.15, 0.2) is 11.3 Å². The largest absolute Gasteiger partial charge is 0.431 e. The highest BCUT2D eigenvalue weighted by Gasteiger charge is 2.21. The minimum absolute atomic E-state index is 0.0354. The van der Waals surface area contributed by atoms with Crippen molar-refractivity contribution >= 4 is 5.97 Å². The first-order chi connectivity index (χ1) is 6.36. The minimum Gasteiger partial charge on any atom is -0.431 e. The van der Waals surface area contributed by atoms with Gasteiger partial charge in [-0.15, -0.1) is 0 Å². The molecule has 2 aliphatic rings. The quantitative estimate of drug-likeness (QED) is 0.423. The van der Waals surface area contributed by atoms with Crippen molar-refractivity contribution in [2.75, 3.05) is 0 Å². The van der Waals surface area contributed by atoms with Gasteiger partial charge >= 0.3 is 5.97 Å². The van der Waals surface area contributed by atoms with Crippen LogP contribution in [-0.4, -0.2) is 5.97 Å². The summed E-state index contributed by atoms with van der Waals surface area (Å²) < 4.78 is 5.20. The zero-order valence-corrected chi connectivity index (χ0v) is 7.97. The standard InChI is InChI=1S/C11H16O2/c12-11-8-7-10(13-11)9-5-3-1-2-4-6-9/h1-8H2. The Labute approximate surface area is 79.0 Å². The van der Waals surface area contributed by atoms with Crippen LogP contribution in [0.5, 0.6) is 0 Å². The summed E-state index contributed by atoms with van der Waals surface area (Å²) in [5, 5.41) is 0. The molecule has 0 aromatic carbocycles. The molecule has 0 unspecified atom stereocenters. The number of cyclic esters (lactones) is 1. The monoisotopic (exact) mass is 180 g/mol. The SMILES string of the molecule is O=C1CCC(=C2CCCCCC2)O1. The molecule has 0 atom stereocenters. The lowest BCUT2D eigenvalue weighted by Crippen LogP contribution is -1.93. The van der Waals surface area contributed by atoms with E-state index in [9.17, 15) is 4.79 Å². The lowest BCUT2D eigenvalue weighted by atomic mass is 10.1. The first-order valence-electron chi connectivity index (χ1n) is 5.28. The van der Waals surface area contributed by atoms with Gasteiger partial charge in [-0.3, -0.25) is 4.79 Å². The van der Waals surface area contributed by atoms with Crippen molar-refractivity contribution in [1.29, 1.82) is 0 Å². The number of ether oxygens (including phenoxy) is 1. The van der Waals surface area contributed by atoms with Crippen molar-refractivity contribution in [3.8, 4) is 0 Å². The summed E-state index contributed by atoms with van der Waals surface area (Å²) in [6.07, 6.45) is 8.99. The zero-order chi connectivity index (χ0) is 9.10. The van der Waals surface area contributed by atoms with Crippen LogP contribution in [0.4, 0.5) is 0 Å². The van der Waals surface area contributed by atoms with E-state index in [1.54, 1.807) is 0 Å². The normalized spacial score (nSPS) is 24.5. The van der Waals surface area contributed by atoms with Gasteiger partial charge in [0.05, 0.1) is 6.42 Å². The molecule has 0 N–H and O–H groups in total. The van der Waals surface area contributed by atoms with E-state index in [0.717, 1.165) is 25.0 Å². The van der Waals surface area contributed by atoms with Gasteiger partial charge in [-0.25, -0.2) is 0 Å². The van der Waals surface area contributed by atoms with Crippen molar-refractivity contribution in [2.45, 2.75) is 51.4 Å². The lowest BCUT2D eigenvalue weighted by Gasteiger charge is -2.05. The molecule has 1 saturated heterocycles. The van der Waals surface area contributed by atoms with Gasteiger partial charge in [-0.1, -0.05) is 12.8 Å². The van der Waals surface area contributed by atoms with Gasteiger partial charge in [0.1, 0.15) is 5.76 Å². The second-order valence-electron chi connectivity index (χ2n) is 3.92. The molecular weight excluding hydrogens is 164 g/mol. The average Bonchev–Trinajstić information content (AvgIpc) is 2.43. The van der Waals surface area contributed by atoms with Gasteiger partial charge in [-0.05, 0) is 31.3 Å². The molecule has 0 aromatic rings. The Morgan fingerprint density at radius 2 is 1.54 bits per heavy atom. The fraction of sp³-hybridized carbons (Fsp3) is 0.727. The third-order valence-corrected chi connectivity index (χ3v) is 2.89. The molecule has 1 aliphatic heterocycles. The molecule has 0 spiro atoms. The minimum atomic E-state index is -0.0354. The maximum Gasteiger partial charge on any atom is 0.311 e. The first kappa shape index (κ1) is 8.79. The smallest absolute Gasteiger partial charge is 0.311 e. The summed E-state index contributed by atoms with van der Waals surface area (Å²) in [6, 6.07) is 0. The highest BCUT2D eigenvalue weighted by molar-refractivity contribution is 5.73. The molecule has 2 heteroatoms. The molecular formula is C11H16O2. The van der Waals surface area contributed by atoms with E-state index in [1.807, 2.05) is 0 Å². The molecule has 0 radical (unpaired) electrons. The summed E-state index contributed by atoms with van der Waals surface area (Å²) in [6.45, 7) is 0. The molecule has 2 rings (SSSR count). The Kier molecular flexibility index (Phi) is 2.67. The second kappa shape index (κ2) is 3.95. The van der Waals surface area contributed by atoms with Crippen LogP contribution in [-0.2, 0) is 9.53 Å². The van der Waals surface area contributed by atoms with E-state index in [-0.39, 0.29) is 5.97 Å². The summed E-state index contributed by atoms with van der Waals surface area (Å²) in [4.78, 5) is 10.9. The van der Waals surface area contributed by atoms with Crippen LogP contribution in [0.25, 0.3) is 0 Å². The van der Waals surface area contributed by atoms with Crippen LogP contribution < -0.4 is 0 Å². The van der Waals surface area contributed by atoms with Gasteiger partial charge in [-0.2, -0.15) is 0 Å². The van der Waals surface area contributed by atoms with Gasteiger partial charge in [0.15, 0.2) is 0 Å². The van der Waals surface area contributed by atoms with Crippen molar-refractivity contribution in [2.24, 2.45) is 0 Å². The van der Waals surface area contributed by atoms with Crippen LogP contribution in [0, 0.1) is 0 Å². The van der Waals surface area contributed by atoms with E-state index in [1.165, 1.54) is 31.3 Å². The Morgan fingerprint density at radius 3 is 2.08 bits per heavy atom. The van der Waals surface area contributed by atoms with Crippen molar-refractivity contribution < 1.29 is 9.53 Å². The van der Waals surface area contributed by atoms with Gasteiger partial charge in [0.2, 0.25) is 0 Å². The van der Waals surface area contributed by atoms with Crippen LogP contribution >= 0.6 is 0 Å². The van der Waals surface area contributed by atoms with Crippen LogP contribution in [0.1, 0.15) is 51.4 Å². The lowest BCUT2D eigenvalue weighted by molar-refractivity contribution is -0.135. The summed E-state index contributed by atoms with van der Waals surface area (Å²) in [5.74, 6) is 0.971. The second-order valence-corrected chi connectivity index (χ2v) is 3.92. The van der Waals surface area contributed by atoms with Gasteiger partial charge in [0.25, 0.3) is 0 Å². The predicted octanol–water partition coefficient (Wildman–Crippen LogP) is 2.93. The summed E-state index contributed by atoms with van der Waals surface area (Å²) in [5.41, 5.74) is 1.42. The zero-order valence-electron chi connectivity index (χ0n) is 7.97. The number of rotatable bonds is 0. The van der Waals surface area contributed by atoms with Gasteiger partial charge in [0, 0.05) is 6.42 Å². The van der Waals surface area contributed by atoms with E-state index >= 15 is 0 Å². The molecule has 0 aromatic heterocycles. The summed E-state index contributed by atoms with van der Waals surface area (Å²) >= 11 is 0. The van der Waals surface area contributed by atoms with E-state index < -0.39 is 0 Å². The van der Waals surface area contributed by atoms with Crippen molar-refractivity contribution in [3.63, 3.8) is 0 Å². The number of esters is 1. The molecule has 0 amide bonds. The Balaban J connectivity index is 2.07. The molecule has 72 valence electrons. The van der Waals surface area contributed by atoms with Crippen LogP contribution in [0.3, 0.4) is 0 Å². The molecule has 1 saturated carbocycles. The average molecular weight is 180 g/mol. The number of hydrogen-bond donors (Lipinski definition) is 0. The molecule has 1 heterocycles. The fourth-order valence-electron chi connectivity index (χ4n) is 2.14. The van der Waals surface area contributed by atoms with Crippen LogP contribution in [0.2, 0.25) is 0 Å². The number of carbonyl (C=O) groups excluding carboxylic acids is 1. The molecule has 1 aliphatic carbocycles. The molecule has 2 nitrogen and oxygen atoms in total. The van der Waals surface area contributed by atoms with E-state index in [0.29, 0.717) is 6.42 Å². The highest BCUT2D eigenvalue weighted by Crippen LogP contribution is 2.30. The maximum absolute atomic E-state index is 10.9. The molecule has 13 heavy (non-hydrogen) atoms. The third-order valence-electron chi connectivity index (χ3n) is 2.89. The predicted molar refractivity (Wildman–Crippen MR) is 50.1 cm³/mol. The first-order valence-corrected chi connectivity index (χ1v) is 5.28. The van der Waals surface area contributed by atoms with E-state index in [2.05, 4.69) is 0 Å². The van der Waals surface area contributed by atoms with Crippen molar-refractivity contribution in [3.05, 3.63) is 11.3 Å². The number of carbonyl (C=O) groups is 1. The highest BCUT2D eigenvalue weighted by atomic mass is 16.5. The maximum atomic E-state index is 10.9. The topological polar surface area (TPSA) is 26.3 Å². The number of allylic oxidation sites excluding steroid dienone is 2. The van der Waals surface area contributed by atoms with Gasteiger partial charge < -0.3 is 4.74 Å². The Hall–Kier alpha value is -0.790. The Bertz CT molecular complexity index is 230. The molecule has 0 bridgehead atoms. The fourth-order valence-corrected chi connectivity index (χ4v) is 2.14. The van der Waals surface area contributed by atoms with Crippen molar-refractivity contribution in [1.82, 2.24) is 0 Å². The summed E-state index contributed by atoms with van der Waals surface area (Å²) in [7, 11) is 0. The Morgan fingerprint density at radius 1 is 0.846 bits per heavy atom.